The van der Waals surface area contributed by atoms with E-state index in [-0.39, 0.29) is 11.6 Å². The van der Waals surface area contributed by atoms with Crippen LogP contribution in [0.2, 0.25) is 0 Å². The molecular weight excluding hydrogens is 238 g/mol. The Labute approximate surface area is 102 Å². The van der Waals surface area contributed by atoms with Crippen LogP contribution >= 0.6 is 0 Å². The summed E-state index contributed by atoms with van der Waals surface area (Å²) in [5.41, 5.74) is 0.758. The zero-order valence-electron chi connectivity index (χ0n) is 9.41. The summed E-state index contributed by atoms with van der Waals surface area (Å²) in [6.07, 6.45) is 1.32. The number of non-ortho nitro benzene ring substituents is 1. The van der Waals surface area contributed by atoms with Gasteiger partial charge in [-0.25, -0.2) is 0 Å². The average molecular weight is 247 g/mol. The molecule has 0 aliphatic rings. The van der Waals surface area contributed by atoms with Gasteiger partial charge in [0, 0.05) is 17.8 Å². The summed E-state index contributed by atoms with van der Waals surface area (Å²) in [6, 6.07) is 5.55. The first kappa shape index (κ1) is 11.8. The second-order valence-corrected chi connectivity index (χ2v) is 3.55. The van der Waals surface area contributed by atoms with Crippen molar-refractivity contribution >= 4 is 17.3 Å². The third kappa shape index (κ3) is 2.34. The van der Waals surface area contributed by atoms with Crippen LogP contribution in [0.15, 0.2) is 35.0 Å². The monoisotopic (exact) mass is 247 g/mol. The molecule has 0 aliphatic heterocycles. The number of amides is 1. The Hall–Kier alpha value is -2.70. The van der Waals surface area contributed by atoms with E-state index in [9.17, 15) is 14.9 Å². The molecule has 0 saturated heterocycles. The molecule has 0 spiro atoms. The Morgan fingerprint density at radius 1 is 1.39 bits per heavy atom. The van der Waals surface area contributed by atoms with Crippen molar-refractivity contribution in [2.24, 2.45) is 0 Å². The van der Waals surface area contributed by atoms with Gasteiger partial charge in [-0.1, -0.05) is 5.16 Å². The summed E-state index contributed by atoms with van der Waals surface area (Å²) in [5, 5.41) is 16.5. The van der Waals surface area contributed by atoms with E-state index in [4.69, 9.17) is 4.52 Å². The van der Waals surface area contributed by atoms with Gasteiger partial charge in [-0.15, -0.1) is 0 Å². The molecule has 1 aromatic heterocycles. The summed E-state index contributed by atoms with van der Waals surface area (Å²) in [6.45, 7) is 1.62. The van der Waals surface area contributed by atoms with Gasteiger partial charge < -0.3 is 9.84 Å². The van der Waals surface area contributed by atoms with E-state index in [1.165, 1.54) is 30.5 Å². The van der Waals surface area contributed by atoms with Gasteiger partial charge in [0.1, 0.15) is 11.3 Å². The number of rotatable bonds is 3. The molecule has 7 heteroatoms. The van der Waals surface area contributed by atoms with Crippen molar-refractivity contribution in [3.05, 3.63) is 51.9 Å². The second-order valence-electron chi connectivity index (χ2n) is 3.55. The molecule has 0 radical (unpaired) electrons. The van der Waals surface area contributed by atoms with Crippen LogP contribution in [0.3, 0.4) is 0 Å². The van der Waals surface area contributed by atoms with Gasteiger partial charge >= 0.3 is 0 Å². The number of nitrogens with one attached hydrogen (secondary N) is 1. The fourth-order valence-electron chi connectivity index (χ4n) is 1.38. The SMILES string of the molecule is Cc1oncc1C(=O)Nc1ccc([N+](=O)[O-])cc1. The van der Waals surface area contributed by atoms with Gasteiger partial charge in [-0.05, 0) is 19.1 Å². The van der Waals surface area contributed by atoms with Crippen LogP contribution in [0.25, 0.3) is 0 Å². The molecule has 1 heterocycles. The quantitative estimate of drug-likeness (QED) is 0.661. The molecule has 0 bridgehead atoms. The van der Waals surface area contributed by atoms with Crippen molar-refractivity contribution in [1.29, 1.82) is 0 Å². The molecule has 0 atom stereocenters. The zero-order valence-corrected chi connectivity index (χ0v) is 9.41. The van der Waals surface area contributed by atoms with E-state index in [0.29, 0.717) is 17.0 Å². The number of aryl methyl sites for hydroxylation is 1. The normalized spacial score (nSPS) is 10.1. The van der Waals surface area contributed by atoms with E-state index in [2.05, 4.69) is 10.5 Å². The van der Waals surface area contributed by atoms with Crippen molar-refractivity contribution < 1.29 is 14.2 Å². The highest BCUT2D eigenvalue weighted by Crippen LogP contribution is 2.16. The van der Waals surface area contributed by atoms with Gasteiger partial charge in [0.15, 0.2) is 0 Å². The van der Waals surface area contributed by atoms with Gasteiger partial charge in [0.25, 0.3) is 11.6 Å². The number of hydrogen-bond acceptors (Lipinski definition) is 5. The first-order valence-corrected chi connectivity index (χ1v) is 5.05. The van der Waals surface area contributed by atoms with Gasteiger partial charge in [-0.3, -0.25) is 14.9 Å². The number of nitro groups is 1. The highest BCUT2D eigenvalue weighted by atomic mass is 16.6. The second kappa shape index (κ2) is 4.66. The largest absolute Gasteiger partial charge is 0.361 e. The summed E-state index contributed by atoms with van der Waals surface area (Å²) in [4.78, 5) is 21.7. The molecule has 2 aromatic rings. The summed E-state index contributed by atoms with van der Waals surface area (Å²) in [7, 11) is 0. The van der Waals surface area contributed by atoms with Crippen LogP contribution in [0.5, 0.6) is 0 Å². The Morgan fingerprint density at radius 2 is 2.06 bits per heavy atom. The van der Waals surface area contributed by atoms with Crippen molar-refractivity contribution in [3.63, 3.8) is 0 Å². The van der Waals surface area contributed by atoms with Crippen LogP contribution in [-0.2, 0) is 0 Å². The molecule has 92 valence electrons. The summed E-state index contributed by atoms with van der Waals surface area (Å²) < 4.78 is 4.77. The van der Waals surface area contributed by atoms with Crippen molar-refractivity contribution in [1.82, 2.24) is 5.16 Å². The molecule has 2 rings (SSSR count). The number of benzene rings is 1. The molecule has 18 heavy (non-hydrogen) atoms. The molecule has 0 unspecified atom stereocenters. The number of nitrogens with zero attached hydrogens (tertiary/aromatic N) is 2. The van der Waals surface area contributed by atoms with Gasteiger partial charge in [0.05, 0.1) is 11.1 Å². The van der Waals surface area contributed by atoms with E-state index >= 15 is 0 Å². The number of carbonyl (C=O) groups is 1. The van der Waals surface area contributed by atoms with Crippen LogP contribution in [0, 0.1) is 17.0 Å². The van der Waals surface area contributed by atoms with Crippen molar-refractivity contribution in [2.45, 2.75) is 6.92 Å². The molecule has 1 N–H and O–H groups in total. The molecule has 0 saturated carbocycles. The van der Waals surface area contributed by atoms with E-state index in [1.807, 2.05) is 0 Å². The maximum absolute atomic E-state index is 11.8. The van der Waals surface area contributed by atoms with E-state index in [0.717, 1.165) is 0 Å². The number of nitro benzene ring substituents is 1. The Balaban J connectivity index is 2.13. The third-order valence-corrected chi connectivity index (χ3v) is 2.33. The van der Waals surface area contributed by atoms with Crippen LogP contribution < -0.4 is 5.32 Å². The highest BCUT2D eigenvalue weighted by molar-refractivity contribution is 6.04. The molecule has 7 nitrogen and oxygen atoms in total. The van der Waals surface area contributed by atoms with Crippen LogP contribution in [-0.4, -0.2) is 16.0 Å². The lowest BCUT2D eigenvalue weighted by molar-refractivity contribution is -0.384. The lowest BCUT2D eigenvalue weighted by Crippen LogP contribution is -2.12. The predicted octanol–water partition coefficient (Wildman–Crippen LogP) is 2.14. The maximum Gasteiger partial charge on any atom is 0.269 e. The van der Waals surface area contributed by atoms with Crippen molar-refractivity contribution in [3.8, 4) is 0 Å². The fourth-order valence-corrected chi connectivity index (χ4v) is 1.38. The molecule has 1 aromatic carbocycles. The molecule has 0 fully saturated rings. The number of carbonyl (C=O) groups excluding carboxylic acids is 1. The van der Waals surface area contributed by atoms with Crippen molar-refractivity contribution in [2.75, 3.05) is 5.32 Å². The van der Waals surface area contributed by atoms with Crippen LogP contribution in [0.1, 0.15) is 16.1 Å². The minimum Gasteiger partial charge on any atom is -0.361 e. The molecular formula is C11H9N3O4. The number of hydrogen-bond donors (Lipinski definition) is 1. The minimum atomic E-state index is -0.504. The summed E-state index contributed by atoms with van der Waals surface area (Å²) >= 11 is 0. The maximum atomic E-state index is 11.8. The first-order chi connectivity index (χ1) is 8.58. The van der Waals surface area contributed by atoms with E-state index in [1.54, 1.807) is 6.92 Å². The van der Waals surface area contributed by atoms with E-state index < -0.39 is 4.92 Å². The first-order valence-electron chi connectivity index (χ1n) is 5.05. The van der Waals surface area contributed by atoms with Crippen LogP contribution in [0.4, 0.5) is 11.4 Å². The lowest BCUT2D eigenvalue weighted by Gasteiger charge is -2.03. The zero-order chi connectivity index (χ0) is 13.1. The Morgan fingerprint density at radius 3 is 2.56 bits per heavy atom. The third-order valence-electron chi connectivity index (χ3n) is 2.33. The Bertz CT molecular complexity index is 589. The standard InChI is InChI=1S/C11H9N3O4/c1-7-10(6-12-18-7)11(15)13-8-2-4-9(5-3-8)14(16)17/h2-6H,1H3,(H,13,15). The lowest BCUT2D eigenvalue weighted by atomic mass is 10.2. The smallest absolute Gasteiger partial charge is 0.269 e. The minimum absolute atomic E-state index is 0.0332. The van der Waals surface area contributed by atoms with Gasteiger partial charge in [-0.2, -0.15) is 0 Å². The average Bonchev–Trinajstić information content (AvgIpc) is 2.76. The topological polar surface area (TPSA) is 98.3 Å². The Kier molecular flexibility index (Phi) is 3.05. The molecule has 1 amide bonds. The summed E-state index contributed by atoms with van der Waals surface area (Å²) in [5.74, 6) is 0.0389. The molecule has 0 aliphatic carbocycles. The predicted molar refractivity (Wildman–Crippen MR) is 62.3 cm³/mol. The number of aromatic nitrogens is 1. The van der Waals surface area contributed by atoms with Gasteiger partial charge in [0.2, 0.25) is 0 Å². The fraction of sp³-hybridized carbons (Fsp3) is 0.0909. The number of anilines is 1. The highest BCUT2D eigenvalue weighted by Gasteiger charge is 2.13.